The van der Waals surface area contributed by atoms with E-state index >= 15 is 0 Å². The Morgan fingerprint density at radius 2 is 1.74 bits per heavy atom. The number of amides is 1. The van der Waals surface area contributed by atoms with Gasteiger partial charge in [0.15, 0.2) is 11.6 Å². The van der Waals surface area contributed by atoms with Gasteiger partial charge in [-0.3, -0.25) is 10.2 Å². The Bertz CT molecular complexity index is 1300. The molecule has 0 radical (unpaired) electrons. The number of hydrogen-bond donors (Lipinski definition) is 3. The highest BCUT2D eigenvalue weighted by molar-refractivity contribution is 9.10. The van der Waals surface area contributed by atoms with Crippen LogP contribution in [-0.4, -0.2) is 42.2 Å². The molecule has 3 N–H and O–H groups in total. The molecule has 0 unspecified atom stereocenters. The zero-order chi connectivity index (χ0) is 27.8. The lowest BCUT2D eigenvalue weighted by atomic mass is 9.82. The van der Waals surface area contributed by atoms with Crippen molar-refractivity contribution in [1.29, 1.82) is 0 Å². The van der Waals surface area contributed by atoms with E-state index in [0.717, 1.165) is 25.6 Å². The number of benzene rings is 3. The number of ether oxygens (including phenoxy) is 2. The average Bonchev–Trinajstić information content (AvgIpc) is 3.31. The van der Waals surface area contributed by atoms with Crippen LogP contribution in [0.5, 0.6) is 5.75 Å². The molecule has 0 fully saturated rings. The van der Waals surface area contributed by atoms with E-state index in [1.165, 1.54) is 0 Å². The number of rotatable bonds is 12. The van der Waals surface area contributed by atoms with E-state index in [0.29, 0.717) is 43.6 Å². The number of hydrogen-bond acceptors (Lipinski definition) is 6. The van der Waals surface area contributed by atoms with Gasteiger partial charge in [0, 0.05) is 46.1 Å². The van der Waals surface area contributed by atoms with Crippen molar-refractivity contribution < 1.29 is 19.4 Å². The lowest BCUT2D eigenvalue weighted by Gasteiger charge is -2.31. The van der Waals surface area contributed by atoms with E-state index in [1.54, 1.807) is 0 Å². The summed E-state index contributed by atoms with van der Waals surface area (Å²) in [6.45, 7) is 5.27. The van der Waals surface area contributed by atoms with Crippen LogP contribution >= 0.6 is 31.9 Å². The minimum atomic E-state index is -1.30. The Balaban J connectivity index is 1.78. The van der Waals surface area contributed by atoms with Crippen molar-refractivity contribution in [2.75, 3.05) is 19.8 Å². The van der Waals surface area contributed by atoms with Crippen molar-refractivity contribution in [3.63, 3.8) is 0 Å². The molecule has 39 heavy (non-hydrogen) atoms. The van der Waals surface area contributed by atoms with E-state index in [2.05, 4.69) is 56.6 Å². The normalized spacial score (nSPS) is 18.5. The first kappa shape index (κ1) is 29.3. The summed E-state index contributed by atoms with van der Waals surface area (Å²) < 4.78 is 14.0. The zero-order valence-corrected chi connectivity index (χ0v) is 25.2. The molecular formula is C30H33Br2N3O4. The third-order valence-corrected chi connectivity index (χ3v) is 7.84. The highest BCUT2D eigenvalue weighted by Crippen LogP contribution is 2.45. The lowest BCUT2D eigenvalue weighted by molar-refractivity contribution is -0.130. The van der Waals surface area contributed by atoms with Crippen molar-refractivity contribution >= 4 is 43.7 Å². The quantitative estimate of drug-likeness (QED) is 0.170. The fraction of sp³-hybridized carbons (Fsp3) is 0.333. The van der Waals surface area contributed by atoms with Crippen molar-refractivity contribution in [3.05, 3.63) is 98.4 Å². The molecule has 0 bridgehead atoms. The average molecular weight is 659 g/mol. The minimum absolute atomic E-state index is 0.0763. The van der Waals surface area contributed by atoms with Gasteiger partial charge >= 0.3 is 0 Å². The number of aliphatic imine (C=N–C) groups is 1. The molecule has 7 nitrogen and oxygen atoms in total. The number of carbonyl (C=O) groups excluding carboxylic acids is 1. The largest absolute Gasteiger partial charge is 0.494 e. The van der Waals surface area contributed by atoms with Gasteiger partial charge in [0.1, 0.15) is 5.75 Å². The van der Waals surface area contributed by atoms with Crippen LogP contribution in [0.2, 0.25) is 0 Å². The van der Waals surface area contributed by atoms with Gasteiger partial charge in [-0.15, -0.1) is 0 Å². The highest BCUT2D eigenvalue weighted by atomic mass is 79.9. The minimum Gasteiger partial charge on any atom is -0.494 e. The molecule has 1 heterocycles. The maximum absolute atomic E-state index is 14.1. The zero-order valence-electron chi connectivity index (χ0n) is 22.0. The molecule has 0 spiro atoms. The summed E-state index contributed by atoms with van der Waals surface area (Å²) in [7, 11) is 0. The van der Waals surface area contributed by atoms with Crippen molar-refractivity contribution in [1.82, 2.24) is 10.9 Å². The van der Waals surface area contributed by atoms with E-state index < -0.39 is 11.6 Å². The molecule has 1 amide bonds. The molecule has 4 rings (SSSR count). The highest BCUT2D eigenvalue weighted by Gasteiger charge is 2.54. The predicted octanol–water partition coefficient (Wildman–Crippen LogP) is 5.75. The molecular weight excluding hydrogens is 626 g/mol. The molecule has 1 aliphatic heterocycles. The van der Waals surface area contributed by atoms with Crippen LogP contribution in [0.25, 0.3) is 0 Å². The molecule has 3 aromatic rings. The second kappa shape index (κ2) is 13.6. The molecule has 0 saturated carbocycles. The SMILES string of the molecule is CC(C)CNNC(=O)[C@@]1(Cc2ccccc2Br)N=C(c2ccc(OCCCO)cc2)O[C@H]1c1ccccc1Br. The van der Waals surface area contributed by atoms with Gasteiger partial charge in [-0.2, -0.15) is 0 Å². The molecule has 3 aromatic carbocycles. The number of aliphatic hydroxyl groups is 1. The van der Waals surface area contributed by atoms with Crippen LogP contribution in [0.4, 0.5) is 0 Å². The topological polar surface area (TPSA) is 92.2 Å². The van der Waals surface area contributed by atoms with Crippen LogP contribution in [0, 0.1) is 5.92 Å². The van der Waals surface area contributed by atoms with Crippen LogP contribution in [0.15, 0.2) is 86.7 Å². The Morgan fingerprint density at radius 3 is 2.41 bits per heavy atom. The fourth-order valence-electron chi connectivity index (χ4n) is 4.32. The predicted molar refractivity (Wildman–Crippen MR) is 160 cm³/mol. The van der Waals surface area contributed by atoms with E-state index in [4.69, 9.17) is 19.6 Å². The van der Waals surface area contributed by atoms with Crippen molar-refractivity contribution in [2.24, 2.45) is 10.9 Å². The summed E-state index contributed by atoms with van der Waals surface area (Å²) in [5, 5.41) is 9.01. The smallest absolute Gasteiger partial charge is 0.266 e. The molecule has 206 valence electrons. The van der Waals surface area contributed by atoms with Crippen LogP contribution in [-0.2, 0) is 16.0 Å². The summed E-state index contributed by atoms with van der Waals surface area (Å²) in [6, 6.07) is 23.0. The second-order valence-corrected chi connectivity index (χ2v) is 11.5. The van der Waals surface area contributed by atoms with E-state index in [-0.39, 0.29) is 12.5 Å². The number of carbonyl (C=O) groups is 1. The van der Waals surface area contributed by atoms with Gasteiger partial charge < -0.3 is 14.6 Å². The summed E-state index contributed by atoms with van der Waals surface area (Å²) in [4.78, 5) is 19.2. The third kappa shape index (κ3) is 7.08. The molecule has 2 atom stereocenters. The maximum Gasteiger partial charge on any atom is 0.266 e. The molecule has 9 heteroatoms. The van der Waals surface area contributed by atoms with Crippen LogP contribution in [0.1, 0.15) is 43.1 Å². The Morgan fingerprint density at radius 1 is 1.05 bits per heavy atom. The van der Waals surface area contributed by atoms with Gasteiger partial charge in [-0.05, 0) is 47.9 Å². The Hall–Kier alpha value is -2.72. The first-order valence-corrected chi connectivity index (χ1v) is 14.5. The Labute approximate surface area is 246 Å². The number of nitrogens with one attached hydrogen (secondary N) is 2. The van der Waals surface area contributed by atoms with Gasteiger partial charge in [0.2, 0.25) is 5.90 Å². The van der Waals surface area contributed by atoms with Crippen molar-refractivity contribution in [3.8, 4) is 5.75 Å². The third-order valence-electron chi connectivity index (χ3n) is 6.35. The summed E-state index contributed by atoms with van der Waals surface area (Å²) >= 11 is 7.33. The van der Waals surface area contributed by atoms with Gasteiger partial charge in [-0.25, -0.2) is 10.4 Å². The van der Waals surface area contributed by atoms with Gasteiger partial charge in [0.05, 0.1) is 6.61 Å². The lowest BCUT2D eigenvalue weighted by Crippen LogP contribution is -2.54. The molecule has 1 aliphatic rings. The van der Waals surface area contributed by atoms with E-state index in [1.807, 2.05) is 72.8 Å². The molecule has 0 aromatic heterocycles. The monoisotopic (exact) mass is 657 g/mol. The van der Waals surface area contributed by atoms with Crippen molar-refractivity contribution in [2.45, 2.75) is 38.3 Å². The first-order valence-electron chi connectivity index (χ1n) is 13.0. The van der Waals surface area contributed by atoms with E-state index in [9.17, 15) is 4.79 Å². The standard InChI is InChI=1S/C30H33Br2N3O4/c1-20(2)19-33-35-29(37)30(18-22-8-3-5-10-25(22)31)27(24-9-4-6-11-26(24)32)39-28(34-30)21-12-14-23(15-13-21)38-17-7-16-36/h3-6,8-15,20,27,33,36H,7,16-19H2,1-2H3,(H,35,37)/t27-,30-/m0/s1. The Kier molecular flexibility index (Phi) is 10.2. The number of aliphatic hydroxyl groups excluding tert-OH is 1. The summed E-state index contributed by atoms with van der Waals surface area (Å²) in [6.07, 6.45) is 0.168. The number of hydrazine groups is 1. The van der Waals surface area contributed by atoms with Crippen LogP contribution < -0.4 is 15.6 Å². The summed E-state index contributed by atoms with van der Waals surface area (Å²) in [5.41, 5.74) is 7.19. The fourth-order valence-corrected chi connectivity index (χ4v) is 5.24. The first-order chi connectivity index (χ1) is 18.8. The number of halogens is 2. The number of nitrogens with zero attached hydrogens (tertiary/aromatic N) is 1. The molecule has 0 saturated heterocycles. The maximum atomic E-state index is 14.1. The van der Waals surface area contributed by atoms with Gasteiger partial charge in [0.25, 0.3) is 5.91 Å². The van der Waals surface area contributed by atoms with Gasteiger partial charge in [-0.1, -0.05) is 82.1 Å². The van der Waals surface area contributed by atoms with Crippen LogP contribution in [0.3, 0.4) is 0 Å². The molecule has 0 aliphatic carbocycles. The summed E-state index contributed by atoms with van der Waals surface area (Å²) in [5.74, 6) is 1.13. The second-order valence-electron chi connectivity index (χ2n) is 9.81.